The van der Waals surface area contributed by atoms with Gasteiger partial charge in [0, 0.05) is 29.3 Å². The molecular formula is C27H45NO3Si. The third-order valence-corrected chi connectivity index (χ3v) is 16.6. The van der Waals surface area contributed by atoms with Crippen LogP contribution < -0.4 is 0 Å². The van der Waals surface area contributed by atoms with Crippen molar-refractivity contribution in [3.05, 3.63) is 11.6 Å². The van der Waals surface area contributed by atoms with Crippen molar-refractivity contribution in [1.29, 1.82) is 0 Å². The monoisotopic (exact) mass is 459 g/mol. The van der Waals surface area contributed by atoms with Crippen LogP contribution in [0.2, 0.25) is 18.1 Å². The Balaban J connectivity index is 1.56. The van der Waals surface area contributed by atoms with Crippen molar-refractivity contribution in [2.24, 2.45) is 34.0 Å². The molecule has 7 bridgehead atoms. The third-order valence-electron chi connectivity index (χ3n) is 12.1. The van der Waals surface area contributed by atoms with E-state index in [1.165, 1.54) is 25.0 Å². The molecule has 5 heteroatoms. The van der Waals surface area contributed by atoms with E-state index in [9.17, 15) is 10.2 Å². The van der Waals surface area contributed by atoms with Crippen molar-refractivity contribution in [3.63, 3.8) is 0 Å². The average molecular weight is 460 g/mol. The molecule has 7 aliphatic rings. The summed E-state index contributed by atoms with van der Waals surface area (Å²) < 4.78 is 7.41. The van der Waals surface area contributed by atoms with E-state index in [4.69, 9.17) is 4.43 Å². The Morgan fingerprint density at radius 1 is 1.19 bits per heavy atom. The van der Waals surface area contributed by atoms with E-state index in [0.29, 0.717) is 23.3 Å². The maximum Gasteiger partial charge on any atom is 0.192 e. The average Bonchev–Trinajstić information content (AvgIpc) is 3.15. The summed E-state index contributed by atoms with van der Waals surface area (Å²) in [6, 6.07) is 0.464. The Bertz CT molecular complexity index is 865. The van der Waals surface area contributed by atoms with Crippen LogP contribution in [0.5, 0.6) is 0 Å². The molecule has 0 radical (unpaired) electrons. The SMILES string of the molecule is CCN1CC2(C)CC[C@H](O[Si](C)(C)C(C)(C)C)[C@]34C5=CC6CCC5(C(C[C@H]23)C14)[C@@H](O)[C@H]6O. The topological polar surface area (TPSA) is 52.9 Å². The van der Waals surface area contributed by atoms with Crippen molar-refractivity contribution in [3.8, 4) is 0 Å². The number of nitrogens with zero attached hydrogens (tertiary/aromatic N) is 1. The molecule has 7 rings (SSSR count). The van der Waals surface area contributed by atoms with Crippen molar-refractivity contribution < 1.29 is 14.6 Å². The Morgan fingerprint density at radius 3 is 2.56 bits per heavy atom. The zero-order valence-electron chi connectivity index (χ0n) is 21.3. The number of aliphatic hydroxyl groups is 2. The minimum absolute atomic E-state index is 0.0290. The first-order valence-electron chi connectivity index (χ1n) is 13.4. The van der Waals surface area contributed by atoms with Crippen molar-refractivity contribution in [1.82, 2.24) is 4.90 Å². The minimum atomic E-state index is -1.95. The minimum Gasteiger partial charge on any atom is -0.413 e. The summed E-state index contributed by atoms with van der Waals surface area (Å²) in [5, 5.41) is 22.8. The van der Waals surface area contributed by atoms with Crippen LogP contribution in [0.3, 0.4) is 0 Å². The highest BCUT2D eigenvalue weighted by molar-refractivity contribution is 6.74. The highest BCUT2D eigenvalue weighted by Crippen LogP contribution is 2.82. The van der Waals surface area contributed by atoms with Gasteiger partial charge < -0.3 is 14.6 Å². The van der Waals surface area contributed by atoms with Gasteiger partial charge in [0.25, 0.3) is 0 Å². The van der Waals surface area contributed by atoms with E-state index < -0.39 is 20.5 Å². The molecule has 2 spiro atoms. The van der Waals surface area contributed by atoms with Crippen LogP contribution in [0, 0.1) is 34.0 Å². The van der Waals surface area contributed by atoms with Crippen LogP contribution in [0.4, 0.5) is 0 Å². The van der Waals surface area contributed by atoms with Gasteiger partial charge in [-0.1, -0.05) is 46.3 Å². The number of likely N-dealkylation sites (tertiary alicyclic amines) is 1. The first-order chi connectivity index (χ1) is 14.8. The van der Waals surface area contributed by atoms with Gasteiger partial charge in [-0.25, -0.2) is 0 Å². The highest BCUT2D eigenvalue weighted by atomic mass is 28.4. The fourth-order valence-electron chi connectivity index (χ4n) is 9.84. The molecule has 180 valence electrons. The second-order valence-electron chi connectivity index (χ2n) is 14.2. The maximum atomic E-state index is 11.6. The van der Waals surface area contributed by atoms with Gasteiger partial charge in [-0.05, 0) is 74.0 Å². The van der Waals surface area contributed by atoms with E-state index in [1.807, 2.05) is 0 Å². The molecule has 5 fully saturated rings. The Labute approximate surface area is 195 Å². The molecule has 1 heterocycles. The van der Waals surface area contributed by atoms with Crippen LogP contribution in [0.1, 0.15) is 66.7 Å². The van der Waals surface area contributed by atoms with Gasteiger partial charge in [0.05, 0.1) is 18.3 Å². The number of fused-ring (bicyclic) bond motifs is 2. The maximum absolute atomic E-state index is 11.6. The number of hydrogen-bond donors (Lipinski definition) is 2. The molecule has 0 amide bonds. The molecular weight excluding hydrogens is 414 g/mol. The van der Waals surface area contributed by atoms with Gasteiger partial charge in [-0.3, -0.25) is 4.90 Å². The molecule has 0 aromatic heterocycles. The fraction of sp³-hybridized carbons (Fsp3) is 0.926. The molecule has 1 aliphatic heterocycles. The van der Waals surface area contributed by atoms with Gasteiger partial charge in [-0.15, -0.1) is 0 Å². The normalized spacial score (nSPS) is 54.0. The molecule has 2 N–H and O–H groups in total. The molecule has 5 unspecified atom stereocenters. The molecule has 0 aromatic rings. The number of hydrogen-bond acceptors (Lipinski definition) is 4. The summed E-state index contributed by atoms with van der Waals surface area (Å²) in [5.41, 5.74) is 1.68. The standard InChI is InChI=1S/C27H45NO3Si/c1-8-28-15-25(5)11-10-20(31-32(6,7)24(2,3)4)27-18(25)14-17(22(27)28)26-12-9-16(13-19(26)27)21(29)23(26)30/h13,16-18,20-23,29-30H,8-12,14-15H2,1-7H3/t16?,17?,18-,20+,21+,22?,23+,25?,26?,27-/m1/s1. The zero-order valence-corrected chi connectivity index (χ0v) is 22.3. The summed E-state index contributed by atoms with van der Waals surface area (Å²) >= 11 is 0. The smallest absolute Gasteiger partial charge is 0.192 e. The Hall–Kier alpha value is -0.203. The summed E-state index contributed by atoms with van der Waals surface area (Å²) in [5.74, 6) is 1.22. The zero-order chi connectivity index (χ0) is 23.1. The van der Waals surface area contributed by atoms with Gasteiger partial charge in [-0.2, -0.15) is 0 Å². The number of piperidine rings is 1. The second kappa shape index (κ2) is 6.32. The Morgan fingerprint density at radius 2 is 1.91 bits per heavy atom. The quantitative estimate of drug-likeness (QED) is 0.479. The van der Waals surface area contributed by atoms with Crippen LogP contribution in [-0.2, 0) is 4.43 Å². The van der Waals surface area contributed by atoms with Crippen LogP contribution in [0.25, 0.3) is 0 Å². The summed E-state index contributed by atoms with van der Waals surface area (Å²) in [4.78, 5) is 2.79. The first kappa shape index (κ1) is 22.3. The van der Waals surface area contributed by atoms with E-state index >= 15 is 0 Å². The molecule has 32 heavy (non-hydrogen) atoms. The predicted molar refractivity (Wildman–Crippen MR) is 130 cm³/mol. The summed E-state index contributed by atoms with van der Waals surface area (Å²) in [7, 11) is -1.95. The molecule has 4 nitrogen and oxygen atoms in total. The fourth-order valence-corrected chi connectivity index (χ4v) is 11.2. The molecule has 10 atom stereocenters. The van der Waals surface area contributed by atoms with Crippen molar-refractivity contribution in [2.45, 2.75) is 109 Å². The van der Waals surface area contributed by atoms with Gasteiger partial charge in [0.2, 0.25) is 0 Å². The van der Waals surface area contributed by atoms with E-state index in [-0.39, 0.29) is 27.9 Å². The third kappa shape index (κ3) is 2.25. The predicted octanol–water partition coefficient (Wildman–Crippen LogP) is 4.58. The van der Waals surface area contributed by atoms with Gasteiger partial charge in [0.15, 0.2) is 8.32 Å². The van der Waals surface area contributed by atoms with Crippen molar-refractivity contribution >= 4 is 8.32 Å². The lowest BCUT2D eigenvalue weighted by atomic mass is 9.43. The highest BCUT2D eigenvalue weighted by Gasteiger charge is 2.83. The molecule has 1 saturated heterocycles. The lowest BCUT2D eigenvalue weighted by molar-refractivity contribution is -0.161. The molecule has 0 aromatic carbocycles. The molecule has 6 aliphatic carbocycles. The van der Waals surface area contributed by atoms with E-state index in [0.717, 1.165) is 25.8 Å². The number of aliphatic hydroxyl groups excluding tert-OH is 2. The first-order valence-corrected chi connectivity index (χ1v) is 16.3. The van der Waals surface area contributed by atoms with Gasteiger partial charge >= 0.3 is 0 Å². The summed E-state index contributed by atoms with van der Waals surface area (Å²) in [6.45, 7) is 19.1. The summed E-state index contributed by atoms with van der Waals surface area (Å²) in [6.07, 6.45) is 7.23. The Kier molecular flexibility index (Phi) is 4.40. The van der Waals surface area contributed by atoms with E-state index in [2.05, 4.69) is 58.7 Å². The van der Waals surface area contributed by atoms with Crippen LogP contribution >= 0.6 is 0 Å². The van der Waals surface area contributed by atoms with E-state index in [1.54, 1.807) is 0 Å². The second-order valence-corrected chi connectivity index (χ2v) is 18.9. The van der Waals surface area contributed by atoms with Crippen LogP contribution in [-0.4, -0.2) is 60.9 Å². The largest absolute Gasteiger partial charge is 0.413 e. The molecule has 4 saturated carbocycles. The lowest BCUT2D eigenvalue weighted by Crippen LogP contribution is -2.68. The number of rotatable bonds is 3. The van der Waals surface area contributed by atoms with Gasteiger partial charge in [0.1, 0.15) is 0 Å². The lowest BCUT2D eigenvalue weighted by Gasteiger charge is -2.66. The van der Waals surface area contributed by atoms with Crippen molar-refractivity contribution in [2.75, 3.05) is 13.1 Å². The van der Waals surface area contributed by atoms with Crippen LogP contribution in [0.15, 0.2) is 11.6 Å².